The van der Waals surface area contributed by atoms with Crippen molar-refractivity contribution in [2.45, 2.75) is 25.3 Å². The molecule has 2 rings (SSSR count). The van der Waals surface area contributed by atoms with Crippen molar-refractivity contribution >= 4 is 11.9 Å². The summed E-state index contributed by atoms with van der Waals surface area (Å²) in [5.41, 5.74) is 0.680. The van der Waals surface area contributed by atoms with E-state index in [1.54, 1.807) is 23.1 Å². The van der Waals surface area contributed by atoms with Crippen molar-refractivity contribution in [2.24, 2.45) is 0 Å². The smallest absolute Gasteiger partial charge is 0.335 e. The summed E-state index contributed by atoms with van der Waals surface area (Å²) in [5, 5.41) is 18.3. The SMILES string of the molecule is O=C(O)c1ccccc1CC(=O)N1CCCC1CO. The first-order chi connectivity index (χ1) is 9.13. The quantitative estimate of drug-likeness (QED) is 0.846. The van der Waals surface area contributed by atoms with Gasteiger partial charge < -0.3 is 15.1 Å². The molecule has 0 radical (unpaired) electrons. The van der Waals surface area contributed by atoms with Crippen molar-refractivity contribution in [3.05, 3.63) is 35.4 Å². The summed E-state index contributed by atoms with van der Waals surface area (Å²) in [5.74, 6) is -1.14. The summed E-state index contributed by atoms with van der Waals surface area (Å²) in [6.45, 7) is 0.603. The van der Waals surface area contributed by atoms with Crippen molar-refractivity contribution in [1.82, 2.24) is 4.90 Å². The molecule has 1 heterocycles. The van der Waals surface area contributed by atoms with Gasteiger partial charge in [-0.3, -0.25) is 4.79 Å². The molecule has 0 aliphatic carbocycles. The predicted molar refractivity (Wildman–Crippen MR) is 68.9 cm³/mol. The summed E-state index contributed by atoms with van der Waals surface area (Å²) in [7, 11) is 0. The van der Waals surface area contributed by atoms with Crippen LogP contribution in [0.15, 0.2) is 24.3 Å². The largest absolute Gasteiger partial charge is 0.478 e. The Labute approximate surface area is 111 Å². The molecular formula is C14H17NO4. The van der Waals surface area contributed by atoms with Crippen LogP contribution in [0, 0.1) is 0 Å². The van der Waals surface area contributed by atoms with Gasteiger partial charge in [0.2, 0.25) is 5.91 Å². The number of carbonyl (C=O) groups is 2. The molecule has 0 spiro atoms. The van der Waals surface area contributed by atoms with Crippen LogP contribution in [0.2, 0.25) is 0 Å². The Kier molecular flexibility index (Phi) is 4.16. The van der Waals surface area contributed by atoms with Crippen molar-refractivity contribution in [1.29, 1.82) is 0 Å². The Bertz CT molecular complexity index is 486. The number of carboxylic acids is 1. The Morgan fingerprint density at radius 2 is 2.05 bits per heavy atom. The zero-order chi connectivity index (χ0) is 13.8. The molecule has 1 unspecified atom stereocenters. The van der Waals surface area contributed by atoms with Gasteiger partial charge in [-0.05, 0) is 24.5 Å². The number of aromatic carboxylic acids is 1. The number of hydrogen-bond donors (Lipinski definition) is 2. The Hall–Kier alpha value is -1.88. The van der Waals surface area contributed by atoms with Gasteiger partial charge in [0.15, 0.2) is 0 Å². The van der Waals surface area contributed by atoms with Gasteiger partial charge in [-0.1, -0.05) is 18.2 Å². The average molecular weight is 263 g/mol. The fourth-order valence-electron chi connectivity index (χ4n) is 2.50. The molecule has 5 nitrogen and oxygen atoms in total. The molecular weight excluding hydrogens is 246 g/mol. The maximum Gasteiger partial charge on any atom is 0.335 e. The van der Waals surface area contributed by atoms with E-state index in [9.17, 15) is 14.7 Å². The van der Waals surface area contributed by atoms with Gasteiger partial charge in [0.25, 0.3) is 0 Å². The molecule has 1 aromatic rings. The number of rotatable bonds is 4. The Balaban J connectivity index is 2.13. The molecule has 1 aliphatic heterocycles. The van der Waals surface area contributed by atoms with E-state index >= 15 is 0 Å². The molecule has 102 valence electrons. The van der Waals surface area contributed by atoms with Gasteiger partial charge in [0.05, 0.1) is 24.6 Å². The summed E-state index contributed by atoms with van der Waals surface area (Å²) >= 11 is 0. The highest BCUT2D eigenvalue weighted by Gasteiger charge is 2.28. The number of amides is 1. The normalized spacial score (nSPS) is 18.6. The molecule has 1 aromatic carbocycles. The van der Waals surface area contributed by atoms with Crippen molar-refractivity contribution in [3.8, 4) is 0 Å². The van der Waals surface area contributed by atoms with E-state index in [-0.39, 0.29) is 30.5 Å². The molecule has 5 heteroatoms. The number of carboxylic acid groups (broad SMARTS) is 1. The van der Waals surface area contributed by atoms with E-state index in [0.29, 0.717) is 12.1 Å². The zero-order valence-electron chi connectivity index (χ0n) is 10.6. The minimum absolute atomic E-state index is 0.0354. The van der Waals surface area contributed by atoms with Gasteiger partial charge >= 0.3 is 5.97 Å². The van der Waals surface area contributed by atoms with Crippen molar-refractivity contribution < 1.29 is 19.8 Å². The third-order valence-electron chi connectivity index (χ3n) is 3.50. The average Bonchev–Trinajstić information content (AvgIpc) is 2.87. The van der Waals surface area contributed by atoms with Crippen LogP contribution in [0.1, 0.15) is 28.8 Å². The molecule has 1 saturated heterocycles. The van der Waals surface area contributed by atoms with Gasteiger partial charge in [-0.15, -0.1) is 0 Å². The lowest BCUT2D eigenvalue weighted by Gasteiger charge is -2.23. The molecule has 0 bridgehead atoms. The fraction of sp³-hybridized carbons (Fsp3) is 0.429. The summed E-state index contributed by atoms with van der Waals surface area (Å²) in [6, 6.07) is 6.40. The highest BCUT2D eigenvalue weighted by Crippen LogP contribution is 2.19. The Morgan fingerprint density at radius 3 is 2.74 bits per heavy atom. The maximum atomic E-state index is 12.2. The number of aliphatic hydroxyl groups excluding tert-OH is 1. The lowest BCUT2D eigenvalue weighted by Crippen LogP contribution is -2.38. The molecule has 1 amide bonds. The summed E-state index contributed by atoms with van der Waals surface area (Å²) < 4.78 is 0. The first kappa shape index (κ1) is 13.5. The standard InChI is InChI=1S/C14H17NO4/c16-9-11-5-3-7-15(11)13(17)8-10-4-1-2-6-12(10)14(18)19/h1-2,4,6,11,16H,3,5,7-9H2,(H,18,19). The topological polar surface area (TPSA) is 77.8 Å². The van der Waals surface area contributed by atoms with Crippen LogP contribution < -0.4 is 0 Å². The van der Waals surface area contributed by atoms with E-state index in [2.05, 4.69) is 0 Å². The molecule has 1 aliphatic rings. The second kappa shape index (κ2) is 5.84. The van der Waals surface area contributed by atoms with Gasteiger partial charge in [0, 0.05) is 6.54 Å². The van der Waals surface area contributed by atoms with Crippen LogP contribution in [0.4, 0.5) is 0 Å². The lowest BCUT2D eigenvalue weighted by molar-refractivity contribution is -0.131. The van der Waals surface area contributed by atoms with Crippen LogP contribution >= 0.6 is 0 Å². The lowest BCUT2D eigenvalue weighted by atomic mass is 10.0. The van der Waals surface area contributed by atoms with E-state index < -0.39 is 5.97 Å². The second-order valence-corrected chi connectivity index (χ2v) is 4.70. The maximum absolute atomic E-state index is 12.2. The van der Waals surface area contributed by atoms with Crippen LogP contribution in [0.5, 0.6) is 0 Å². The molecule has 0 aromatic heterocycles. The van der Waals surface area contributed by atoms with Gasteiger partial charge in [-0.2, -0.15) is 0 Å². The number of hydrogen-bond acceptors (Lipinski definition) is 3. The fourth-order valence-corrected chi connectivity index (χ4v) is 2.50. The number of benzene rings is 1. The highest BCUT2D eigenvalue weighted by atomic mass is 16.4. The number of carbonyl (C=O) groups excluding carboxylic acids is 1. The van der Waals surface area contributed by atoms with E-state index in [4.69, 9.17) is 5.11 Å². The first-order valence-electron chi connectivity index (χ1n) is 6.35. The number of aliphatic hydroxyl groups is 1. The van der Waals surface area contributed by atoms with E-state index in [0.717, 1.165) is 12.8 Å². The summed E-state index contributed by atoms with van der Waals surface area (Å²) in [6.07, 6.45) is 1.76. The first-order valence-corrected chi connectivity index (χ1v) is 6.35. The van der Waals surface area contributed by atoms with Gasteiger partial charge in [0.1, 0.15) is 0 Å². The third-order valence-corrected chi connectivity index (χ3v) is 3.50. The monoisotopic (exact) mass is 263 g/mol. The summed E-state index contributed by atoms with van der Waals surface area (Å²) in [4.78, 5) is 24.9. The molecule has 1 atom stereocenters. The van der Waals surface area contributed by atoms with Crippen LogP contribution in [0.25, 0.3) is 0 Å². The Morgan fingerprint density at radius 1 is 1.32 bits per heavy atom. The number of likely N-dealkylation sites (tertiary alicyclic amines) is 1. The minimum Gasteiger partial charge on any atom is -0.478 e. The van der Waals surface area contributed by atoms with Crippen molar-refractivity contribution in [3.63, 3.8) is 0 Å². The minimum atomic E-state index is -1.02. The number of nitrogens with zero attached hydrogens (tertiary/aromatic N) is 1. The third kappa shape index (κ3) is 2.93. The van der Waals surface area contributed by atoms with Gasteiger partial charge in [-0.25, -0.2) is 4.79 Å². The highest BCUT2D eigenvalue weighted by molar-refractivity contribution is 5.91. The molecule has 0 saturated carbocycles. The van der Waals surface area contributed by atoms with Crippen LogP contribution in [0.3, 0.4) is 0 Å². The molecule has 1 fully saturated rings. The zero-order valence-corrected chi connectivity index (χ0v) is 10.6. The predicted octanol–water partition coefficient (Wildman–Crippen LogP) is 0.911. The van der Waals surface area contributed by atoms with Crippen molar-refractivity contribution in [2.75, 3.05) is 13.2 Å². The van der Waals surface area contributed by atoms with E-state index in [1.165, 1.54) is 6.07 Å². The van der Waals surface area contributed by atoms with E-state index in [1.807, 2.05) is 0 Å². The second-order valence-electron chi connectivity index (χ2n) is 4.70. The van der Waals surface area contributed by atoms with Crippen LogP contribution in [-0.4, -0.2) is 46.2 Å². The molecule has 19 heavy (non-hydrogen) atoms. The van der Waals surface area contributed by atoms with Crippen LogP contribution in [-0.2, 0) is 11.2 Å². The molecule has 2 N–H and O–H groups in total.